The van der Waals surface area contributed by atoms with E-state index in [1.807, 2.05) is 13.8 Å². The molecule has 6 heteroatoms. The predicted molar refractivity (Wildman–Crippen MR) is 84.4 cm³/mol. The Bertz CT molecular complexity index is 473. The Hall–Kier alpha value is -1.56. The fourth-order valence-corrected chi connectivity index (χ4v) is 2.22. The van der Waals surface area contributed by atoms with Crippen molar-refractivity contribution >= 4 is 5.96 Å². The SMILES string of the molecule is CN=C(NCc1nc(C)c(C)o1)NCC(C)N(C)C1CC1. The van der Waals surface area contributed by atoms with Gasteiger partial charge in [-0.15, -0.1) is 0 Å². The highest BCUT2D eigenvalue weighted by Gasteiger charge is 2.28. The largest absolute Gasteiger partial charge is 0.444 e. The fourth-order valence-electron chi connectivity index (χ4n) is 2.22. The van der Waals surface area contributed by atoms with E-state index < -0.39 is 0 Å². The first kappa shape index (κ1) is 15.8. The number of aliphatic imine (C=N–C) groups is 1. The molecule has 1 aliphatic carbocycles. The van der Waals surface area contributed by atoms with Crippen LogP contribution < -0.4 is 10.6 Å². The molecule has 1 heterocycles. The van der Waals surface area contributed by atoms with Crippen LogP contribution in [0.3, 0.4) is 0 Å². The van der Waals surface area contributed by atoms with E-state index in [0.717, 1.165) is 30.0 Å². The monoisotopic (exact) mass is 293 g/mol. The van der Waals surface area contributed by atoms with Gasteiger partial charge in [0.15, 0.2) is 5.96 Å². The van der Waals surface area contributed by atoms with Gasteiger partial charge in [-0.3, -0.25) is 9.89 Å². The molecule has 1 aromatic rings. The normalized spacial score (nSPS) is 17.1. The van der Waals surface area contributed by atoms with Crippen LogP contribution in [-0.4, -0.2) is 48.6 Å². The minimum absolute atomic E-state index is 0.488. The minimum Gasteiger partial charge on any atom is -0.444 e. The number of aromatic nitrogens is 1. The van der Waals surface area contributed by atoms with Crippen LogP contribution in [0, 0.1) is 13.8 Å². The lowest BCUT2D eigenvalue weighted by Gasteiger charge is -2.25. The van der Waals surface area contributed by atoms with E-state index in [0.29, 0.717) is 18.5 Å². The maximum Gasteiger partial charge on any atom is 0.214 e. The Kier molecular flexibility index (Phi) is 5.22. The average Bonchev–Trinajstić information content (AvgIpc) is 3.25. The zero-order chi connectivity index (χ0) is 15.4. The third kappa shape index (κ3) is 4.46. The molecule has 1 aromatic heterocycles. The van der Waals surface area contributed by atoms with E-state index in [-0.39, 0.29) is 0 Å². The molecular weight excluding hydrogens is 266 g/mol. The Morgan fingerprint density at radius 2 is 2.14 bits per heavy atom. The zero-order valence-electron chi connectivity index (χ0n) is 13.7. The van der Waals surface area contributed by atoms with Gasteiger partial charge >= 0.3 is 0 Å². The highest BCUT2D eigenvalue weighted by molar-refractivity contribution is 5.79. The first-order valence-electron chi connectivity index (χ1n) is 7.60. The molecule has 0 spiro atoms. The highest BCUT2D eigenvalue weighted by atomic mass is 16.4. The molecule has 118 valence electrons. The van der Waals surface area contributed by atoms with Crippen LogP contribution in [0.5, 0.6) is 0 Å². The summed E-state index contributed by atoms with van der Waals surface area (Å²) in [5.74, 6) is 2.34. The van der Waals surface area contributed by atoms with Gasteiger partial charge in [-0.25, -0.2) is 4.98 Å². The van der Waals surface area contributed by atoms with Gasteiger partial charge in [0.05, 0.1) is 12.2 Å². The summed E-state index contributed by atoms with van der Waals surface area (Å²) < 4.78 is 5.55. The topological polar surface area (TPSA) is 65.7 Å². The molecule has 0 saturated heterocycles. The summed E-state index contributed by atoms with van der Waals surface area (Å²) in [6.07, 6.45) is 2.66. The van der Waals surface area contributed by atoms with E-state index in [2.05, 4.69) is 39.5 Å². The first-order chi connectivity index (χ1) is 10.0. The van der Waals surface area contributed by atoms with Crippen LogP contribution in [0.4, 0.5) is 0 Å². The fraction of sp³-hybridized carbons (Fsp3) is 0.733. The van der Waals surface area contributed by atoms with Crippen molar-refractivity contribution in [2.24, 2.45) is 4.99 Å². The van der Waals surface area contributed by atoms with Gasteiger partial charge in [-0.2, -0.15) is 0 Å². The third-order valence-corrected chi connectivity index (χ3v) is 4.09. The van der Waals surface area contributed by atoms with Crippen LogP contribution in [0.15, 0.2) is 9.41 Å². The number of nitrogens with zero attached hydrogens (tertiary/aromatic N) is 3. The van der Waals surface area contributed by atoms with Crippen molar-refractivity contribution in [1.29, 1.82) is 0 Å². The molecule has 1 aliphatic rings. The molecule has 21 heavy (non-hydrogen) atoms. The lowest BCUT2D eigenvalue weighted by atomic mass is 10.3. The second-order valence-electron chi connectivity index (χ2n) is 5.80. The van der Waals surface area contributed by atoms with Crippen LogP contribution in [0.25, 0.3) is 0 Å². The van der Waals surface area contributed by atoms with Crippen molar-refractivity contribution in [2.45, 2.75) is 52.2 Å². The first-order valence-corrected chi connectivity index (χ1v) is 7.60. The van der Waals surface area contributed by atoms with Gasteiger partial charge < -0.3 is 15.1 Å². The number of guanidine groups is 1. The maximum atomic E-state index is 5.55. The van der Waals surface area contributed by atoms with Crippen LogP contribution in [0.1, 0.15) is 37.1 Å². The summed E-state index contributed by atoms with van der Waals surface area (Å²) >= 11 is 0. The molecule has 2 rings (SSSR count). The van der Waals surface area contributed by atoms with Crippen LogP contribution >= 0.6 is 0 Å². The second kappa shape index (κ2) is 6.93. The lowest BCUT2D eigenvalue weighted by molar-refractivity contribution is 0.247. The molecule has 0 aliphatic heterocycles. The van der Waals surface area contributed by atoms with Gasteiger partial charge in [-0.1, -0.05) is 0 Å². The quantitative estimate of drug-likeness (QED) is 0.614. The van der Waals surface area contributed by atoms with Crippen LogP contribution in [-0.2, 0) is 6.54 Å². The van der Waals surface area contributed by atoms with Crippen molar-refractivity contribution in [1.82, 2.24) is 20.5 Å². The smallest absolute Gasteiger partial charge is 0.214 e. The van der Waals surface area contributed by atoms with Crippen molar-refractivity contribution in [2.75, 3.05) is 20.6 Å². The van der Waals surface area contributed by atoms with Gasteiger partial charge in [0.25, 0.3) is 0 Å². The molecule has 0 bridgehead atoms. The summed E-state index contributed by atoms with van der Waals surface area (Å²) in [6, 6.07) is 1.26. The number of hydrogen-bond donors (Lipinski definition) is 2. The molecule has 1 saturated carbocycles. The molecule has 6 nitrogen and oxygen atoms in total. The van der Waals surface area contributed by atoms with Gasteiger partial charge in [0.1, 0.15) is 5.76 Å². The number of rotatable bonds is 6. The number of aryl methyl sites for hydroxylation is 2. The number of oxazole rings is 1. The van der Waals surface area contributed by atoms with E-state index in [4.69, 9.17) is 4.42 Å². The van der Waals surface area contributed by atoms with Crippen molar-refractivity contribution < 1.29 is 4.42 Å². The second-order valence-corrected chi connectivity index (χ2v) is 5.80. The zero-order valence-corrected chi connectivity index (χ0v) is 13.7. The lowest BCUT2D eigenvalue weighted by Crippen LogP contribution is -2.45. The summed E-state index contributed by atoms with van der Waals surface area (Å²) in [6.45, 7) is 7.52. The van der Waals surface area contributed by atoms with Crippen molar-refractivity contribution in [3.05, 3.63) is 17.3 Å². The van der Waals surface area contributed by atoms with Crippen molar-refractivity contribution in [3.63, 3.8) is 0 Å². The highest BCUT2D eigenvalue weighted by Crippen LogP contribution is 2.26. The number of likely N-dealkylation sites (N-methyl/N-ethyl adjacent to an activating group) is 1. The van der Waals surface area contributed by atoms with Gasteiger partial charge in [0.2, 0.25) is 5.89 Å². The number of nitrogens with one attached hydrogen (secondary N) is 2. The average molecular weight is 293 g/mol. The summed E-state index contributed by atoms with van der Waals surface area (Å²) in [4.78, 5) is 11.0. The summed E-state index contributed by atoms with van der Waals surface area (Å²) in [7, 11) is 3.97. The summed E-state index contributed by atoms with van der Waals surface area (Å²) in [5.41, 5.74) is 0.939. The minimum atomic E-state index is 0.488. The Morgan fingerprint density at radius 1 is 1.43 bits per heavy atom. The van der Waals surface area contributed by atoms with E-state index in [1.165, 1.54) is 12.8 Å². The molecule has 1 unspecified atom stereocenters. The molecule has 1 fully saturated rings. The van der Waals surface area contributed by atoms with Crippen LogP contribution in [0.2, 0.25) is 0 Å². The third-order valence-electron chi connectivity index (χ3n) is 4.09. The standard InChI is InChI=1S/C15H27N5O/c1-10(20(5)13-6-7-13)8-17-15(16-4)18-9-14-19-11(2)12(3)21-14/h10,13H,6-9H2,1-5H3,(H2,16,17,18). The molecular formula is C15H27N5O. The van der Waals surface area contributed by atoms with Crippen molar-refractivity contribution in [3.8, 4) is 0 Å². The number of hydrogen-bond acceptors (Lipinski definition) is 4. The Labute approximate surface area is 127 Å². The maximum absolute atomic E-state index is 5.55. The molecule has 1 atom stereocenters. The molecule has 0 amide bonds. The Balaban J connectivity index is 1.75. The molecule has 2 N–H and O–H groups in total. The predicted octanol–water partition coefficient (Wildman–Crippen LogP) is 1.44. The summed E-state index contributed by atoms with van der Waals surface area (Å²) in [5, 5.41) is 6.58. The van der Waals surface area contributed by atoms with E-state index >= 15 is 0 Å². The van der Waals surface area contributed by atoms with Gasteiger partial charge in [0, 0.05) is 25.7 Å². The van der Waals surface area contributed by atoms with E-state index in [9.17, 15) is 0 Å². The van der Waals surface area contributed by atoms with Gasteiger partial charge in [-0.05, 0) is 40.7 Å². The molecule has 0 aromatic carbocycles. The Morgan fingerprint density at radius 3 is 2.67 bits per heavy atom. The van der Waals surface area contributed by atoms with E-state index in [1.54, 1.807) is 7.05 Å². The molecule has 0 radical (unpaired) electrons.